The van der Waals surface area contributed by atoms with Crippen LogP contribution in [0.1, 0.15) is 12.8 Å². The molecule has 1 amide bonds. The van der Waals surface area contributed by atoms with Crippen LogP contribution >= 0.6 is 0 Å². The molecule has 6 nitrogen and oxygen atoms in total. The van der Waals surface area contributed by atoms with Crippen LogP contribution in [0.2, 0.25) is 0 Å². The Labute approximate surface area is 99.0 Å². The normalized spacial score (nSPS) is 20.0. The number of pyridine rings is 1. The summed E-state index contributed by atoms with van der Waals surface area (Å²) >= 11 is 0. The fourth-order valence-corrected chi connectivity index (χ4v) is 1.89. The Bertz CT molecular complexity index is 411. The molecular weight excluding hydrogens is 222 g/mol. The quantitative estimate of drug-likeness (QED) is 0.806. The van der Waals surface area contributed by atoms with Crippen molar-refractivity contribution < 1.29 is 14.6 Å². The minimum Gasteiger partial charge on any atom is -0.486 e. The van der Waals surface area contributed by atoms with Crippen LogP contribution in [0, 0.1) is 0 Å². The van der Waals surface area contributed by atoms with Gasteiger partial charge in [0, 0.05) is 18.8 Å². The summed E-state index contributed by atoms with van der Waals surface area (Å²) < 4.78 is 5.70. The smallest absolute Gasteiger partial charge is 0.407 e. The number of carboxylic acid groups (broad SMARTS) is 1. The van der Waals surface area contributed by atoms with E-state index in [9.17, 15) is 4.79 Å². The molecule has 6 heteroatoms. The summed E-state index contributed by atoms with van der Waals surface area (Å²) in [5, 5.41) is 8.91. The number of anilines is 1. The first-order chi connectivity index (χ1) is 8.16. The summed E-state index contributed by atoms with van der Waals surface area (Å²) in [5.41, 5.74) is 6.19. The highest BCUT2D eigenvalue weighted by Crippen LogP contribution is 2.23. The molecule has 1 saturated heterocycles. The number of aromatic nitrogens is 1. The minimum atomic E-state index is -0.902. The fraction of sp³-hybridized carbons (Fsp3) is 0.455. The van der Waals surface area contributed by atoms with Crippen molar-refractivity contribution in [2.24, 2.45) is 0 Å². The lowest BCUT2D eigenvalue weighted by atomic mass is 10.1. The van der Waals surface area contributed by atoms with Crippen molar-refractivity contribution >= 4 is 11.8 Å². The molecule has 2 heterocycles. The van der Waals surface area contributed by atoms with E-state index in [4.69, 9.17) is 15.6 Å². The highest BCUT2D eigenvalue weighted by atomic mass is 16.5. The molecule has 1 aromatic heterocycles. The van der Waals surface area contributed by atoms with Gasteiger partial charge in [-0.05, 0) is 12.8 Å². The first-order valence-corrected chi connectivity index (χ1v) is 5.51. The van der Waals surface area contributed by atoms with E-state index in [1.165, 1.54) is 11.1 Å². The molecule has 0 aliphatic carbocycles. The monoisotopic (exact) mass is 237 g/mol. The molecule has 1 aliphatic heterocycles. The summed E-state index contributed by atoms with van der Waals surface area (Å²) in [5.74, 6) is 0.567. The largest absolute Gasteiger partial charge is 0.486 e. The van der Waals surface area contributed by atoms with Crippen molar-refractivity contribution in [2.75, 3.05) is 18.8 Å². The third kappa shape index (κ3) is 2.77. The zero-order chi connectivity index (χ0) is 12.3. The Morgan fingerprint density at radius 3 is 3.18 bits per heavy atom. The second-order valence-electron chi connectivity index (χ2n) is 4.02. The van der Waals surface area contributed by atoms with Crippen molar-refractivity contribution in [1.29, 1.82) is 0 Å². The van der Waals surface area contributed by atoms with E-state index in [2.05, 4.69) is 4.98 Å². The maximum absolute atomic E-state index is 10.9. The van der Waals surface area contributed by atoms with Gasteiger partial charge in [-0.3, -0.25) is 4.98 Å². The number of hydrogen-bond acceptors (Lipinski definition) is 4. The van der Waals surface area contributed by atoms with Gasteiger partial charge in [-0.25, -0.2) is 4.79 Å². The van der Waals surface area contributed by atoms with Crippen LogP contribution in [0.15, 0.2) is 18.5 Å². The predicted molar refractivity (Wildman–Crippen MR) is 61.9 cm³/mol. The van der Waals surface area contributed by atoms with Crippen molar-refractivity contribution in [3.05, 3.63) is 18.5 Å². The molecule has 0 bridgehead atoms. The van der Waals surface area contributed by atoms with Crippen LogP contribution in [-0.2, 0) is 0 Å². The first kappa shape index (κ1) is 11.5. The van der Waals surface area contributed by atoms with E-state index < -0.39 is 6.09 Å². The van der Waals surface area contributed by atoms with E-state index in [1.807, 2.05) is 0 Å². The maximum atomic E-state index is 10.9. The number of piperidine rings is 1. The highest BCUT2D eigenvalue weighted by molar-refractivity contribution is 5.65. The topological polar surface area (TPSA) is 88.7 Å². The molecule has 17 heavy (non-hydrogen) atoms. The van der Waals surface area contributed by atoms with Crippen LogP contribution in [0.3, 0.4) is 0 Å². The molecule has 1 aliphatic rings. The van der Waals surface area contributed by atoms with E-state index in [-0.39, 0.29) is 6.10 Å². The SMILES string of the molecule is Nc1cnccc1OC1CCCN(C(=O)O)C1. The molecule has 0 radical (unpaired) electrons. The second-order valence-corrected chi connectivity index (χ2v) is 4.02. The minimum absolute atomic E-state index is 0.135. The van der Waals surface area contributed by atoms with Crippen LogP contribution in [0.4, 0.5) is 10.5 Å². The number of hydrogen-bond donors (Lipinski definition) is 2. The fourth-order valence-electron chi connectivity index (χ4n) is 1.89. The molecule has 1 fully saturated rings. The summed E-state index contributed by atoms with van der Waals surface area (Å²) in [6.07, 6.45) is 3.73. The molecule has 0 spiro atoms. The van der Waals surface area contributed by atoms with E-state index in [0.717, 1.165) is 12.8 Å². The average Bonchev–Trinajstić information content (AvgIpc) is 2.32. The molecule has 1 aromatic rings. The highest BCUT2D eigenvalue weighted by Gasteiger charge is 2.24. The van der Waals surface area contributed by atoms with Gasteiger partial charge in [-0.1, -0.05) is 0 Å². The molecule has 92 valence electrons. The van der Waals surface area contributed by atoms with Gasteiger partial charge in [-0.15, -0.1) is 0 Å². The van der Waals surface area contributed by atoms with Crippen LogP contribution in [0.25, 0.3) is 0 Å². The Balaban J connectivity index is 1.99. The number of nitrogen functional groups attached to an aromatic ring is 1. The van der Waals surface area contributed by atoms with Crippen LogP contribution in [0.5, 0.6) is 5.75 Å². The van der Waals surface area contributed by atoms with Gasteiger partial charge in [-0.2, -0.15) is 0 Å². The standard InChI is InChI=1S/C11H15N3O3/c12-9-6-13-4-3-10(9)17-8-2-1-5-14(7-8)11(15)16/h3-4,6,8H,1-2,5,7,12H2,(H,15,16). The van der Waals surface area contributed by atoms with Gasteiger partial charge in [0.15, 0.2) is 0 Å². The zero-order valence-corrected chi connectivity index (χ0v) is 9.37. The molecule has 3 N–H and O–H groups in total. The third-order valence-electron chi connectivity index (χ3n) is 2.75. The lowest BCUT2D eigenvalue weighted by Gasteiger charge is -2.31. The van der Waals surface area contributed by atoms with E-state index in [1.54, 1.807) is 12.3 Å². The van der Waals surface area contributed by atoms with Gasteiger partial charge in [0.05, 0.1) is 18.4 Å². The number of nitrogens with zero attached hydrogens (tertiary/aromatic N) is 2. The molecule has 2 rings (SSSR count). The van der Waals surface area contributed by atoms with Gasteiger partial charge < -0.3 is 20.5 Å². The Kier molecular flexibility index (Phi) is 3.32. The Hall–Kier alpha value is -1.98. The second kappa shape index (κ2) is 4.90. The third-order valence-corrected chi connectivity index (χ3v) is 2.75. The summed E-state index contributed by atoms with van der Waals surface area (Å²) in [6, 6.07) is 1.69. The van der Waals surface area contributed by atoms with Gasteiger partial charge in [0.1, 0.15) is 11.9 Å². The van der Waals surface area contributed by atoms with Crippen molar-refractivity contribution in [2.45, 2.75) is 18.9 Å². The number of nitrogens with two attached hydrogens (primary N) is 1. The molecule has 1 unspecified atom stereocenters. The predicted octanol–water partition coefficient (Wildman–Crippen LogP) is 1.19. The van der Waals surface area contributed by atoms with Crippen LogP contribution < -0.4 is 10.5 Å². The molecule has 1 atom stereocenters. The Morgan fingerprint density at radius 2 is 2.47 bits per heavy atom. The van der Waals surface area contributed by atoms with Crippen molar-refractivity contribution in [1.82, 2.24) is 9.88 Å². The van der Waals surface area contributed by atoms with Gasteiger partial charge in [0.2, 0.25) is 0 Å². The van der Waals surface area contributed by atoms with E-state index >= 15 is 0 Å². The summed E-state index contributed by atoms with van der Waals surface area (Å²) in [6.45, 7) is 0.956. The van der Waals surface area contributed by atoms with E-state index in [0.29, 0.717) is 24.5 Å². The van der Waals surface area contributed by atoms with Crippen LogP contribution in [-0.4, -0.2) is 40.3 Å². The average molecular weight is 237 g/mol. The summed E-state index contributed by atoms with van der Waals surface area (Å²) in [4.78, 5) is 16.1. The van der Waals surface area contributed by atoms with Crippen molar-refractivity contribution in [3.63, 3.8) is 0 Å². The van der Waals surface area contributed by atoms with Gasteiger partial charge in [0.25, 0.3) is 0 Å². The molecule has 0 saturated carbocycles. The number of amides is 1. The molecular formula is C11H15N3O3. The lowest BCUT2D eigenvalue weighted by molar-refractivity contribution is 0.0795. The molecule has 0 aromatic carbocycles. The number of likely N-dealkylation sites (tertiary alicyclic amines) is 1. The number of carbonyl (C=O) groups is 1. The van der Waals surface area contributed by atoms with Crippen molar-refractivity contribution in [3.8, 4) is 5.75 Å². The number of ether oxygens (including phenoxy) is 1. The maximum Gasteiger partial charge on any atom is 0.407 e. The van der Waals surface area contributed by atoms with Gasteiger partial charge >= 0.3 is 6.09 Å². The summed E-state index contributed by atoms with van der Waals surface area (Å²) in [7, 11) is 0. The Morgan fingerprint density at radius 1 is 1.65 bits per heavy atom. The first-order valence-electron chi connectivity index (χ1n) is 5.51. The number of rotatable bonds is 2. The lowest BCUT2D eigenvalue weighted by Crippen LogP contribution is -2.43. The zero-order valence-electron chi connectivity index (χ0n) is 9.37.